The number of allylic oxidation sites excluding steroid dienone is 10. The van der Waals surface area contributed by atoms with Gasteiger partial charge in [0.15, 0.2) is 6.10 Å². The molecule has 0 saturated heterocycles. The number of likely N-dealkylation sites (N-methyl/N-ethyl adjacent to an activating group) is 1. The van der Waals surface area contributed by atoms with Crippen molar-refractivity contribution in [3.05, 3.63) is 60.8 Å². The van der Waals surface area contributed by atoms with Crippen LogP contribution in [0.4, 0.5) is 0 Å². The van der Waals surface area contributed by atoms with E-state index in [1.807, 2.05) is 21.1 Å². The number of phosphoric acid groups is 1. The molecule has 10 heteroatoms. The maximum atomic E-state index is 12.8. The molecule has 0 rings (SSSR count). The summed E-state index contributed by atoms with van der Waals surface area (Å²) in [5.41, 5.74) is 0. The number of hydrogen-bond acceptors (Lipinski definition) is 8. The van der Waals surface area contributed by atoms with Crippen molar-refractivity contribution in [3.8, 4) is 0 Å². The summed E-state index contributed by atoms with van der Waals surface area (Å²) in [4.78, 5) is 37.9. The first-order valence-electron chi connectivity index (χ1n) is 29.0. The molecular weight excluding hydrogens is 894 g/mol. The highest BCUT2D eigenvalue weighted by Crippen LogP contribution is 2.38. The molecule has 0 amide bonds. The van der Waals surface area contributed by atoms with Gasteiger partial charge >= 0.3 is 11.9 Å². The van der Waals surface area contributed by atoms with Crippen molar-refractivity contribution in [3.63, 3.8) is 0 Å². The standard InChI is InChI=1S/C60H110NO8P/c1-6-8-10-12-14-16-18-20-22-24-26-28-30-32-34-36-38-40-42-44-46-48-50-52-59(62)66-56-58(57-68-70(64,65)67-55-54-61(3,4)5)69-60(63)53-51-49-47-45-43-41-39-37-35-33-31-29-27-25-23-21-19-17-15-13-11-9-7-2/h9,11,15,17,21,23,27,29,33,35,58H,6-8,10,12-14,16,18-20,22,24-26,28,30-32,34,36-57H2,1-5H3/b11-9-,17-15-,23-21-,29-27-,35-33-. The third-order valence-electron chi connectivity index (χ3n) is 12.6. The van der Waals surface area contributed by atoms with Gasteiger partial charge in [0.05, 0.1) is 27.7 Å². The van der Waals surface area contributed by atoms with Gasteiger partial charge in [0.2, 0.25) is 0 Å². The van der Waals surface area contributed by atoms with E-state index in [-0.39, 0.29) is 32.0 Å². The van der Waals surface area contributed by atoms with E-state index in [0.717, 1.165) is 77.0 Å². The zero-order valence-corrected chi connectivity index (χ0v) is 47.1. The third kappa shape index (κ3) is 55.0. The Kier molecular flexibility index (Phi) is 49.9. The van der Waals surface area contributed by atoms with Crippen LogP contribution in [0.3, 0.4) is 0 Å². The maximum Gasteiger partial charge on any atom is 0.306 e. The number of carbonyl (C=O) groups excluding carboxylic acids is 2. The molecule has 0 aliphatic carbocycles. The van der Waals surface area contributed by atoms with E-state index in [4.69, 9.17) is 18.5 Å². The number of hydrogen-bond donors (Lipinski definition) is 0. The SMILES string of the molecule is CC/C=C\C/C=C\C/C=C\C/C=C\C/C=C\CCCCCCCCCC(=O)OC(COC(=O)CCCCCCCCCCCCCCCCCCCCCCCCC)COP(=O)([O-])OCC[N+](C)(C)C. The van der Waals surface area contributed by atoms with Crippen molar-refractivity contribution in [2.24, 2.45) is 0 Å². The summed E-state index contributed by atoms with van der Waals surface area (Å²) < 4.78 is 34.2. The van der Waals surface area contributed by atoms with Gasteiger partial charge < -0.3 is 27.9 Å². The predicted molar refractivity (Wildman–Crippen MR) is 296 cm³/mol. The lowest BCUT2D eigenvalue weighted by atomic mass is 10.0. The number of phosphoric ester groups is 1. The molecule has 70 heavy (non-hydrogen) atoms. The molecule has 0 bridgehead atoms. The highest BCUT2D eigenvalue weighted by atomic mass is 31.2. The average molecular weight is 1000 g/mol. The molecule has 0 aliphatic heterocycles. The summed E-state index contributed by atoms with van der Waals surface area (Å²) in [7, 11) is 1.16. The third-order valence-corrected chi connectivity index (χ3v) is 13.5. The molecule has 0 saturated carbocycles. The van der Waals surface area contributed by atoms with Gasteiger partial charge in [-0.25, -0.2) is 0 Å². The lowest BCUT2D eigenvalue weighted by Crippen LogP contribution is -2.37. The molecule has 0 radical (unpaired) electrons. The molecule has 0 N–H and O–H groups in total. The molecule has 0 heterocycles. The molecule has 0 aromatic heterocycles. The van der Waals surface area contributed by atoms with Crippen LogP contribution in [-0.4, -0.2) is 70.0 Å². The van der Waals surface area contributed by atoms with Crippen molar-refractivity contribution in [2.75, 3.05) is 47.5 Å². The van der Waals surface area contributed by atoms with Crippen molar-refractivity contribution < 1.29 is 42.1 Å². The van der Waals surface area contributed by atoms with E-state index in [2.05, 4.69) is 74.6 Å². The molecule has 2 unspecified atom stereocenters. The second-order valence-corrected chi connectivity index (χ2v) is 22.0. The van der Waals surface area contributed by atoms with Crippen LogP contribution in [0.15, 0.2) is 60.8 Å². The van der Waals surface area contributed by atoms with Crippen molar-refractivity contribution in [1.29, 1.82) is 0 Å². The average Bonchev–Trinajstić information content (AvgIpc) is 3.32. The summed E-state index contributed by atoms with van der Waals surface area (Å²) in [5.74, 6) is -0.838. The summed E-state index contributed by atoms with van der Waals surface area (Å²) in [5, 5.41) is 0. The fraction of sp³-hybridized carbons (Fsp3) is 0.800. The van der Waals surface area contributed by atoms with Crippen molar-refractivity contribution >= 4 is 19.8 Å². The number of esters is 2. The fourth-order valence-electron chi connectivity index (χ4n) is 8.10. The Bertz CT molecular complexity index is 1370. The zero-order valence-electron chi connectivity index (χ0n) is 46.2. The highest BCUT2D eigenvalue weighted by molar-refractivity contribution is 7.45. The molecule has 0 aromatic carbocycles. The quantitative estimate of drug-likeness (QED) is 0.0195. The monoisotopic (exact) mass is 1000 g/mol. The van der Waals surface area contributed by atoms with Gasteiger partial charge in [-0.2, -0.15) is 0 Å². The van der Waals surface area contributed by atoms with Crippen LogP contribution in [0.25, 0.3) is 0 Å². The smallest absolute Gasteiger partial charge is 0.306 e. The molecule has 0 aliphatic rings. The number of unbranched alkanes of at least 4 members (excludes halogenated alkanes) is 29. The van der Waals surface area contributed by atoms with E-state index in [9.17, 15) is 19.0 Å². The van der Waals surface area contributed by atoms with Crippen LogP contribution in [0, 0.1) is 0 Å². The maximum absolute atomic E-state index is 12.8. The highest BCUT2D eigenvalue weighted by Gasteiger charge is 2.22. The molecule has 9 nitrogen and oxygen atoms in total. The zero-order chi connectivity index (χ0) is 51.3. The van der Waals surface area contributed by atoms with Crippen LogP contribution >= 0.6 is 7.82 Å². The van der Waals surface area contributed by atoms with Gasteiger partial charge in [-0.15, -0.1) is 0 Å². The number of carbonyl (C=O) groups is 2. The van der Waals surface area contributed by atoms with Gasteiger partial charge in [-0.1, -0.05) is 248 Å². The molecular formula is C60H110NO8P. The second-order valence-electron chi connectivity index (χ2n) is 20.6. The van der Waals surface area contributed by atoms with E-state index >= 15 is 0 Å². The minimum absolute atomic E-state index is 0.0341. The Morgan fingerprint density at radius 3 is 1.21 bits per heavy atom. The van der Waals surface area contributed by atoms with Gasteiger partial charge in [0, 0.05) is 12.8 Å². The molecule has 408 valence electrons. The van der Waals surface area contributed by atoms with Crippen molar-refractivity contribution in [1.82, 2.24) is 0 Å². The van der Waals surface area contributed by atoms with E-state index in [0.29, 0.717) is 17.4 Å². The first kappa shape index (κ1) is 67.7. The molecule has 2 atom stereocenters. The van der Waals surface area contributed by atoms with Crippen LogP contribution in [0.2, 0.25) is 0 Å². The Morgan fingerprint density at radius 2 is 0.814 bits per heavy atom. The number of quaternary nitrogens is 1. The van der Waals surface area contributed by atoms with Crippen LogP contribution in [-0.2, 0) is 32.7 Å². The minimum atomic E-state index is -4.64. The first-order chi connectivity index (χ1) is 34.0. The summed E-state index contributed by atoms with van der Waals surface area (Å²) >= 11 is 0. The first-order valence-corrected chi connectivity index (χ1v) is 30.5. The van der Waals surface area contributed by atoms with Gasteiger partial charge in [0.1, 0.15) is 19.8 Å². The summed E-state index contributed by atoms with van der Waals surface area (Å²) in [6, 6.07) is 0. The van der Waals surface area contributed by atoms with Gasteiger partial charge in [0.25, 0.3) is 7.82 Å². The van der Waals surface area contributed by atoms with Crippen LogP contribution < -0.4 is 4.89 Å². The van der Waals surface area contributed by atoms with Crippen LogP contribution in [0.1, 0.15) is 258 Å². The lowest BCUT2D eigenvalue weighted by Gasteiger charge is -2.28. The Labute approximate surface area is 432 Å². The molecule has 0 aromatic rings. The number of nitrogens with zero attached hydrogens (tertiary/aromatic N) is 1. The predicted octanol–water partition coefficient (Wildman–Crippen LogP) is 17.3. The topological polar surface area (TPSA) is 111 Å². The van der Waals surface area contributed by atoms with Crippen molar-refractivity contribution in [2.45, 2.75) is 264 Å². The lowest BCUT2D eigenvalue weighted by molar-refractivity contribution is -0.870. The van der Waals surface area contributed by atoms with E-state index in [1.165, 1.54) is 148 Å². The normalized spacial score (nSPS) is 13.7. The van der Waals surface area contributed by atoms with E-state index < -0.39 is 26.5 Å². The second kappa shape index (κ2) is 51.6. The van der Waals surface area contributed by atoms with Gasteiger partial charge in [-0.3, -0.25) is 14.2 Å². The van der Waals surface area contributed by atoms with Gasteiger partial charge in [-0.05, 0) is 57.8 Å². The Balaban J connectivity index is 4.18. The van der Waals surface area contributed by atoms with Crippen LogP contribution in [0.5, 0.6) is 0 Å². The number of ether oxygens (including phenoxy) is 2. The molecule has 0 spiro atoms. The Hall–Kier alpha value is -2.29. The largest absolute Gasteiger partial charge is 0.756 e. The van der Waals surface area contributed by atoms with E-state index in [1.54, 1.807) is 0 Å². The summed E-state index contributed by atoms with van der Waals surface area (Å²) in [6.07, 6.45) is 65.5. The minimum Gasteiger partial charge on any atom is -0.756 e. The molecule has 0 fully saturated rings. The summed E-state index contributed by atoms with van der Waals surface area (Å²) in [6.45, 7) is 4.14. The Morgan fingerprint density at radius 1 is 0.457 bits per heavy atom. The fourth-order valence-corrected chi connectivity index (χ4v) is 8.82. The number of rotatable bonds is 53.